The second-order valence-corrected chi connectivity index (χ2v) is 3.12. The molecule has 0 saturated heterocycles. The number of carbonyl (C=O) groups is 1. The fourth-order valence-electron chi connectivity index (χ4n) is 1.20. The van der Waals surface area contributed by atoms with E-state index in [1.807, 2.05) is 0 Å². The highest BCUT2D eigenvalue weighted by molar-refractivity contribution is 5.88. The number of hydrazone groups is 1. The molecular formula is C11H14N2O5. The van der Waals surface area contributed by atoms with Gasteiger partial charge in [0.2, 0.25) is 0 Å². The molecule has 7 heteroatoms. The number of nitrogens with one attached hydrogen (secondary N) is 1. The molecule has 0 aromatic heterocycles. The van der Waals surface area contributed by atoms with Crippen LogP contribution < -0.4 is 14.9 Å². The molecular weight excluding hydrogens is 240 g/mol. The standard InChI is InChI=1S/C11H14N2O5/c1-16-7-4-9(14)8(10(5-7)17-2)6-12-13-11(15)18-3/h4-6,14H,1-3H3,(H,13,15)/b12-6+. The lowest BCUT2D eigenvalue weighted by atomic mass is 10.2. The number of carbonyl (C=O) groups excluding carboxylic acids is 1. The van der Waals surface area contributed by atoms with Crippen LogP contribution in [0, 0.1) is 0 Å². The van der Waals surface area contributed by atoms with Gasteiger partial charge in [0, 0.05) is 12.1 Å². The monoisotopic (exact) mass is 254 g/mol. The third-order valence-electron chi connectivity index (χ3n) is 2.08. The molecule has 1 aromatic rings. The molecule has 0 spiro atoms. The van der Waals surface area contributed by atoms with E-state index < -0.39 is 6.09 Å². The van der Waals surface area contributed by atoms with Crippen LogP contribution in [0.25, 0.3) is 0 Å². The Morgan fingerprint density at radius 3 is 2.61 bits per heavy atom. The van der Waals surface area contributed by atoms with Crippen molar-refractivity contribution in [2.75, 3.05) is 21.3 Å². The van der Waals surface area contributed by atoms with Gasteiger partial charge in [-0.25, -0.2) is 10.2 Å². The van der Waals surface area contributed by atoms with Crippen LogP contribution in [0.1, 0.15) is 5.56 Å². The van der Waals surface area contributed by atoms with Gasteiger partial charge in [-0.3, -0.25) is 0 Å². The van der Waals surface area contributed by atoms with E-state index in [1.54, 1.807) is 6.07 Å². The van der Waals surface area contributed by atoms with Crippen molar-refractivity contribution in [3.63, 3.8) is 0 Å². The smallest absolute Gasteiger partial charge is 0.427 e. The van der Waals surface area contributed by atoms with Crippen molar-refractivity contribution in [3.05, 3.63) is 17.7 Å². The van der Waals surface area contributed by atoms with Crippen molar-refractivity contribution < 1.29 is 24.1 Å². The topological polar surface area (TPSA) is 89.4 Å². The maximum absolute atomic E-state index is 10.8. The van der Waals surface area contributed by atoms with Crippen molar-refractivity contribution in [2.45, 2.75) is 0 Å². The summed E-state index contributed by atoms with van der Waals surface area (Å²) in [6.07, 6.45) is 0.531. The third kappa shape index (κ3) is 3.27. The van der Waals surface area contributed by atoms with Gasteiger partial charge in [-0.15, -0.1) is 0 Å². The molecule has 0 aliphatic carbocycles. The van der Waals surface area contributed by atoms with Gasteiger partial charge in [0.15, 0.2) is 0 Å². The summed E-state index contributed by atoms with van der Waals surface area (Å²) in [4.78, 5) is 10.8. The second kappa shape index (κ2) is 6.33. The molecule has 18 heavy (non-hydrogen) atoms. The molecule has 0 saturated carbocycles. The Morgan fingerprint density at radius 1 is 1.33 bits per heavy atom. The van der Waals surface area contributed by atoms with Crippen molar-refractivity contribution in [2.24, 2.45) is 5.10 Å². The highest BCUT2D eigenvalue weighted by Gasteiger charge is 2.09. The summed E-state index contributed by atoms with van der Waals surface area (Å²) in [5.41, 5.74) is 2.41. The molecule has 0 aliphatic heterocycles. The van der Waals surface area contributed by atoms with Crippen molar-refractivity contribution in [1.82, 2.24) is 5.43 Å². The molecule has 0 bridgehead atoms. The summed E-state index contributed by atoms with van der Waals surface area (Å²) >= 11 is 0. The zero-order chi connectivity index (χ0) is 13.5. The second-order valence-electron chi connectivity index (χ2n) is 3.12. The average Bonchev–Trinajstić information content (AvgIpc) is 2.39. The zero-order valence-corrected chi connectivity index (χ0v) is 10.3. The Morgan fingerprint density at radius 2 is 2.06 bits per heavy atom. The fraction of sp³-hybridized carbons (Fsp3) is 0.273. The van der Waals surface area contributed by atoms with Crippen LogP contribution in [0.3, 0.4) is 0 Å². The maximum Gasteiger partial charge on any atom is 0.427 e. The van der Waals surface area contributed by atoms with Gasteiger partial charge in [-0.2, -0.15) is 5.10 Å². The highest BCUT2D eigenvalue weighted by atomic mass is 16.5. The molecule has 2 N–H and O–H groups in total. The molecule has 1 amide bonds. The molecule has 0 fully saturated rings. The lowest BCUT2D eigenvalue weighted by molar-refractivity contribution is 0.171. The van der Waals surface area contributed by atoms with Crippen LogP contribution in [0.5, 0.6) is 17.2 Å². The highest BCUT2D eigenvalue weighted by Crippen LogP contribution is 2.31. The number of benzene rings is 1. The quantitative estimate of drug-likeness (QED) is 0.620. The van der Waals surface area contributed by atoms with Gasteiger partial charge in [0.05, 0.1) is 33.1 Å². The Labute approximate surface area is 104 Å². The molecule has 0 heterocycles. The summed E-state index contributed by atoms with van der Waals surface area (Å²) in [5, 5.41) is 13.4. The largest absolute Gasteiger partial charge is 0.507 e. The number of nitrogens with zero attached hydrogens (tertiary/aromatic N) is 1. The normalized spacial score (nSPS) is 10.2. The van der Waals surface area contributed by atoms with Gasteiger partial charge in [0.25, 0.3) is 0 Å². The van der Waals surface area contributed by atoms with Crippen LogP contribution in [0.2, 0.25) is 0 Å². The summed E-state index contributed by atoms with van der Waals surface area (Å²) < 4.78 is 14.4. The number of phenols is 1. The minimum absolute atomic E-state index is 0.0818. The average molecular weight is 254 g/mol. The Balaban J connectivity index is 2.97. The number of methoxy groups -OCH3 is 3. The van der Waals surface area contributed by atoms with Gasteiger partial charge in [-0.05, 0) is 0 Å². The zero-order valence-electron chi connectivity index (χ0n) is 10.3. The number of hydrogen-bond acceptors (Lipinski definition) is 6. The number of phenolic OH excluding ortho intramolecular Hbond substituents is 1. The van der Waals surface area contributed by atoms with E-state index in [2.05, 4.69) is 15.3 Å². The van der Waals surface area contributed by atoms with Gasteiger partial charge in [-0.1, -0.05) is 0 Å². The van der Waals surface area contributed by atoms with Crippen molar-refractivity contribution in [1.29, 1.82) is 0 Å². The van der Waals surface area contributed by atoms with Crippen LogP contribution >= 0.6 is 0 Å². The van der Waals surface area contributed by atoms with Gasteiger partial charge in [0.1, 0.15) is 17.2 Å². The number of aromatic hydroxyl groups is 1. The van der Waals surface area contributed by atoms with Gasteiger partial charge < -0.3 is 19.3 Å². The minimum atomic E-state index is -0.710. The number of hydrogen-bond donors (Lipinski definition) is 2. The maximum atomic E-state index is 10.8. The first kappa shape index (κ1) is 13.6. The molecule has 0 aliphatic rings. The first-order chi connectivity index (χ1) is 8.62. The minimum Gasteiger partial charge on any atom is -0.507 e. The molecule has 0 atom stereocenters. The molecule has 7 nitrogen and oxygen atoms in total. The van der Waals surface area contributed by atoms with Gasteiger partial charge >= 0.3 is 6.09 Å². The Hall–Kier alpha value is -2.44. The summed E-state index contributed by atoms with van der Waals surface area (Å²) in [5.74, 6) is 0.728. The predicted molar refractivity (Wildman–Crippen MR) is 64.3 cm³/mol. The van der Waals surface area contributed by atoms with E-state index in [9.17, 15) is 9.90 Å². The van der Waals surface area contributed by atoms with Crippen molar-refractivity contribution in [3.8, 4) is 17.2 Å². The van der Waals surface area contributed by atoms with E-state index in [0.717, 1.165) is 0 Å². The number of rotatable bonds is 4. The van der Waals surface area contributed by atoms with E-state index in [-0.39, 0.29) is 5.75 Å². The molecule has 0 unspecified atom stereocenters. The van der Waals surface area contributed by atoms with Crippen LogP contribution in [-0.2, 0) is 4.74 Å². The molecule has 1 aromatic carbocycles. The van der Waals surface area contributed by atoms with E-state index in [1.165, 1.54) is 33.6 Å². The lowest BCUT2D eigenvalue weighted by Crippen LogP contribution is -2.16. The summed E-state index contributed by atoms with van der Waals surface area (Å²) in [6, 6.07) is 2.99. The number of amides is 1. The van der Waals surface area contributed by atoms with Crippen LogP contribution in [0.15, 0.2) is 17.2 Å². The SMILES string of the molecule is COC(=O)N/N=C/c1c(O)cc(OC)cc1OC. The van der Waals surface area contributed by atoms with E-state index in [4.69, 9.17) is 9.47 Å². The molecule has 98 valence electrons. The van der Waals surface area contributed by atoms with Crippen LogP contribution in [0.4, 0.5) is 4.79 Å². The molecule has 1 rings (SSSR count). The fourth-order valence-corrected chi connectivity index (χ4v) is 1.20. The van der Waals surface area contributed by atoms with E-state index >= 15 is 0 Å². The first-order valence-electron chi connectivity index (χ1n) is 4.94. The van der Waals surface area contributed by atoms with Crippen molar-refractivity contribution >= 4 is 12.3 Å². The third-order valence-corrected chi connectivity index (χ3v) is 2.08. The summed E-state index contributed by atoms with van der Waals surface area (Å²) in [7, 11) is 4.14. The predicted octanol–water partition coefficient (Wildman–Crippen LogP) is 1.10. The van der Waals surface area contributed by atoms with Crippen LogP contribution in [-0.4, -0.2) is 38.7 Å². The Bertz CT molecular complexity index is 459. The first-order valence-corrected chi connectivity index (χ1v) is 4.94. The summed E-state index contributed by atoms with van der Waals surface area (Å²) in [6.45, 7) is 0. The Kier molecular flexibility index (Phi) is 4.79. The molecule has 0 radical (unpaired) electrons. The van der Waals surface area contributed by atoms with E-state index in [0.29, 0.717) is 17.1 Å². The lowest BCUT2D eigenvalue weighted by Gasteiger charge is -2.09. The number of ether oxygens (including phenoxy) is 3.